The van der Waals surface area contributed by atoms with Crippen LogP contribution in [0.5, 0.6) is 0 Å². The minimum Gasteiger partial charge on any atom is -0.316 e. The van der Waals surface area contributed by atoms with Crippen molar-refractivity contribution in [3.05, 3.63) is 35.4 Å². The Bertz CT molecular complexity index is 372. The van der Waals surface area contributed by atoms with Crippen molar-refractivity contribution in [2.75, 3.05) is 7.05 Å². The van der Waals surface area contributed by atoms with Crippen LogP contribution in [0.25, 0.3) is 0 Å². The molecule has 0 radical (unpaired) electrons. The highest BCUT2D eigenvalue weighted by Crippen LogP contribution is 2.36. The quantitative estimate of drug-likeness (QED) is 0.669. The number of fused-ring (bicyclic) bond motifs is 1. The number of hydrogen-bond acceptors (Lipinski definition) is 1. The molecule has 0 amide bonds. The number of rotatable bonds is 8. The Balaban J connectivity index is 1.85. The van der Waals surface area contributed by atoms with Gasteiger partial charge in [-0.3, -0.25) is 0 Å². The lowest BCUT2D eigenvalue weighted by atomic mass is 9.89. The minimum absolute atomic E-state index is 0.672. The molecule has 1 aliphatic rings. The molecule has 0 heterocycles. The van der Waals surface area contributed by atoms with Gasteiger partial charge in [0.1, 0.15) is 0 Å². The van der Waals surface area contributed by atoms with E-state index in [4.69, 9.17) is 0 Å². The van der Waals surface area contributed by atoms with E-state index in [1.54, 1.807) is 11.1 Å². The van der Waals surface area contributed by atoms with Crippen molar-refractivity contribution in [1.29, 1.82) is 0 Å². The number of unbranched alkanes of at least 4 members (excludes halogenated alkanes) is 4. The van der Waals surface area contributed by atoms with Crippen LogP contribution in [0.15, 0.2) is 24.3 Å². The van der Waals surface area contributed by atoms with E-state index in [9.17, 15) is 0 Å². The van der Waals surface area contributed by atoms with Crippen LogP contribution in [0.3, 0.4) is 0 Å². The first-order valence-electron chi connectivity index (χ1n) is 8.12. The summed E-state index contributed by atoms with van der Waals surface area (Å²) in [4.78, 5) is 0. The standard InChI is InChI=1S/C18H29N/c1-3-4-5-6-7-12-18(19-2)17-14-13-15-10-8-9-11-16(15)17/h8-11,17-19H,3-7,12-14H2,1-2H3. The van der Waals surface area contributed by atoms with Gasteiger partial charge in [-0.25, -0.2) is 0 Å². The third-order valence-corrected chi connectivity index (χ3v) is 4.65. The first kappa shape index (κ1) is 14.6. The predicted octanol–water partition coefficient (Wildman–Crippen LogP) is 4.66. The van der Waals surface area contributed by atoms with Gasteiger partial charge < -0.3 is 5.32 Å². The molecule has 1 aliphatic carbocycles. The van der Waals surface area contributed by atoms with E-state index >= 15 is 0 Å². The topological polar surface area (TPSA) is 12.0 Å². The van der Waals surface area contributed by atoms with E-state index in [0.29, 0.717) is 6.04 Å². The first-order valence-corrected chi connectivity index (χ1v) is 8.12. The maximum atomic E-state index is 3.58. The van der Waals surface area contributed by atoms with Crippen LogP contribution in [0, 0.1) is 0 Å². The second-order valence-electron chi connectivity index (χ2n) is 5.94. The molecule has 1 heteroatoms. The summed E-state index contributed by atoms with van der Waals surface area (Å²) in [5.41, 5.74) is 3.19. The first-order chi connectivity index (χ1) is 9.36. The maximum Gasteiger partial charge on any atom is 0.0133 e. The second-order valence-corrected chi connectivity index (χ2v) is 5.94. The lowest BCUT2D eigenvalue weighted by Gasteiger charge is -2.24. The van der Waals surface area contributed by atoms with Crippen LogP contribution in [0.1, 0.15) is 68.9 Å². The average Bonchev–Trinajstić information content (AvgIpc) is 2.87. The van der Waals surface area contributed by atoms with Crippen LogP contribution in [0.2, 0.25) is 0 Å². The Labute approximate surface area is 118 Å². The van der Waals surface area contributed by atoms with Crippen LogP contribution >= 0.6 is 0 Å². The van der Waals surface area contributed by atoms with Gasteiger partial charge in [-0.05, 0) is 43.4 Å². The highest BCUT2D eigenvalue weighted by atomic mass is 14.9. The Hall–Kier alpha value is -0.820. The number of benzene rings is 1. The predicted molar refractivity (Wildman–Crippen MR) is 83.7 cm³/mol. The highest BCUT2D eigenvalue weighted by molar-refractivity contribution is 5.35. The molecule has 0 saturated heterocycles. The molecule has 2 atom stereocenters. The van der Waals surface area contributed by atoms with E-state index < -0.39 is 0 Å². The van der Waals surface area contributed by atoms with Crippen molar-refractivity contribution in [2.24, 2.45) is 0 Å². The summed E-state index contributed by atoms with van der Waals surface area (Å²) >= 11 is 0. The van der Waals surface area contributed by atoms with E-state index in [1.165, 1.54) is 51.4 Å². The smallest absolute Gasteiger partial charge is 0.0133 e. The van der Waals surface area contributed by atoms with Crippen molar-refractivity contribution in [1.82, 2.24) is 5.32 Å². The van der Waals surface area contributed by atoms with Crippen LogP contribution in [-0.4, -0.2) is 13.1 Å². The van der Waals surface area contributed by atoms with Crippen LogP contribution in [-0.2, 0) is 6.42 Å². The van der Waals surface area contributed by atoms with Crippen LogP contribution < -0.4 is 5.32 Å². The molecule has 0 aromatic heterocycles. The van der Waals surface area contributed by atoms with Gasteiger partial charge in [-0.1, -0.05) is 63.3 Å². The highest BCUT2D eigenvalue weighted by Gasteiger charge is 2.27. The lowest BCUT2D eigenvalue weighted by molar-refractivity contribution is 0.413. The number of nitrogens with one attached hydrogen (secondary N) is 1. The van der Waals surface area contributed by atoms with E-state index in [2.05, 4.69) is 43.6 Å². The Morgan fingerprint density at radius 1 is 1.16 bits per heavy atom. The average molecular weight is 259 g/mol. The monoisotopic (exact) mass is 259 g/mol. The van der Waals surface area contributed by atoms with Crippen molar-refractivity contribution >= 4 is 0 Å². The number of likely N-dealkylation sites (N-methyl/N-ethyl adjacent to an activating group) is 1. The summed E-state index contributed by atoms with van der Waals surface area (Å²) in [7, 11) is 2.14. The molecule has 0 bridgehead atoms. The number of aryl methyl sites for hydroxylation is 1. The third-order valence-electron chi connectivity index (χ3n) is 4.65. The van der Waals surface area contributed by atoms with Crippen molar-refractivity contribution < 1.29 is 0 Å². The summed E-state index contributed by atoms with van der Waals surface area (Å²) in [6, 6.07) is 9.70. The molecule has 1 N–H and O–H groups in total. The fourth-order valence-electron chi connectivity index (χ4n) is 3.52. The molecular weight excluding hydrogens is 230 g/mol. The van der Waals surface area contributed by atoms with Gasteiger partial charge in [0.05, 0.1) is 0 Å². The lowest BCUT2D eigenvalue weighted by Crippen LogP contribution is -2.31. The second kappa shape index (κ2) is 7.69. The molecule has 2 rings (SSSR count). The molecule has 0 fully saturated rings. The largest absolute Gasteiger partial charge is 0.316 e. The van der Waals surface area contributed by atoms with Gasteiger partial charge >= 0.3 is 0 Å². The molecule has 2 unspecified atom stereocenters. The third kappa shape index (κ3) is 3.82. The Morgan fingerprint density at radius 3 is 2.74 bits per heavy atom. The van der Waals surface area contributed by atoms with E-state index in [-0.39, 0.29) is 0 Å². The maximum absolute atomic E-state index is 3.58. The molecule has 1 aromatic carbocycles. The fourth-order valence-corrected chi connectivity index (χ4v) is 3.52. The molecule has 106 valence electrons. The number of hydrogen-bond donors (Lipinski definition) is 1. The van der Waals surface area contributed by atoms with Gasteiger partial charge in [0, 0.05) is 6.04 Å². The van der Waals surface area contributed by atoms with Gasteiger partial charge in [0.15, 0.2) is 0 Å². The summed E-state index contributed by atoms with van der Waals surface area (Å²) < 4.78 is 0. The molecule has 0 saturated carbocycles. The fraction of sp³-hybridized carbons (Fsp3) is 0.667. The molecular formula is C18H29N. The Kier molecular flexibility index (Phi) is 5.91. The van der Waals surface area contributed by atoms with Crippen molar-refractivity contribution in [2.45, 2.75) is 70.3 Å². The molecule has 0 spiro atoms. The molecule has 0 aliphatic heterocycles. The molecule has 1 nitrogen and oxygen atoms in total. The van der Waals surface area contributed by atoms with E-state index in [1.807, 2.05) is 0 Å². The zero-order chi connectivity index (χ0) is 13.5. The summed E-state index contributed by atoms with van der Waals surface area (Å²) in [6.07, 6.45) is 10.9. The minimum atomic E-state index is 0.672. The van der Waals surface area contributed by atoms with Gasteiger partial charge in [-0.15, -0.1) is 0 Å². The van der Waals surface area contributed by atoms with Crippen LogP contribution in [0.4, 0.5) is 0 Å². The summed E-state index contributed by atoms with van der Waals surface area (Å²) in [6.45, 7) is 2.28. The Morgan fingerprint density at radius 2 is 1.95 bits per heavy atom. The van der Waals surface area contributed by atoms with Crippen molar-refractivity contribution in [3.63, 3.8) is 0 Å². The zero-order valence-corrected chi connectivity index (χ0v) is 12.6. The normalized spacial score (nSPS) is 19.4. The molecule has 1 aromatic rings. The van der Waals surface area contributed by atoms with Gasteiger partial charge in [0.25, 0.3) is 0 Å². The van der Waals surface area contributed by atoms with Gasteiger partial charge in [0.2, 0.25) is 0 Å². The van der Waals surface area contributed by atoms with Gasteiger partial charge in [-0.2, -0.15) is 0 Å². The van der Waals surface area contributed by atoms with E-state index in [0.717, 1.165) is 5.92 Å². The summed E-state index contributed by atoms with van der Waals surface area (Å²) in [5.74, 6) is 0.743. The van der Waals surface area contributed by atoms with Crippen molar-refractivity contribution in [3.8, 4) is 0 Å². The SMILES string of the molecule is CCCCCCCC(NC)C1CCc2ccccc21. The summed E-state index contributed by atoms with van der Waals surface area (Å²) in [5, 5.41) is 3.58. The zero-order valence-electron chi connectivity index (χ0n) is 12.6. The molecule has 19 heavy (non-hydrogen) atoms.